The van der Waals surface area contributed by atoms with Gasteiger partial charge >= 0.3 is 0 Å². The summed E-state index contributed by atoms with van der Waals surface area (Å²) in [5.41, 5.74) is 0.920. The van der Waals surface area contributed by atoms with Crippen LogP contribution < -0.4 is 4.90 Å². The third kappa shape index (κ3) is 2.67. The molecule has 1 aliphatic rings. The number of aliphatic hydroxyl groups is 1. The number of likely N-dealkylation sites (N-methyl/N-ethyl adjacent to an activating group) is 1. The molecule has 20 heavy (non-hydrogen) atoms. The molecule has 0 unspecified atom stereocenters. The predicted octanol–water partition coefficient (Wildman–Crippen LogP) is 1.33. The largest absolute Gasteiger partial charge is 0.392 e. The molecule has 0 radical (unpaired) electrons. The van der Waals surface area contributed by atoms with E-state index < -0.39 is 0 Å². The Labute approximate surface area is 121 Å². The number of fused-ring (bicyclic) bond motifs is 1. The first kappa shape index (κ1) is 13.5. The molecular weight excluding hydrogens is 274 g/mol. The molecule has 0 spiro atoms. The first-order valence-electron chi connectivity index (χ1n) is 6.66. The van der Waals surface area contributed by atoms with Crippen molar-refractivity contribution < 1.29 is 9.90 Å². The minimum Gasteiger partial charge on any atom is -0.392 e. The zero-order valence-corrected chi connectivity index (χ0v) is 12.1. The molecule has 1 fully saturated rings. The van der Waals surface area contributed by atoms with E-state index in [2.05, 4.69) is 4.98 Å². The van der Waals surface area contributed by atoms with Crippen molar-refractivity contribution in [3.8, 4) is 0 Å². The number of hydrogen-bond acceptors (Lipinski definition) is 5. The Balaban J connectivity index is 1.71. The van der Waals surface area contributed by atoms with E-state index >= 15 is 0 Å². The maximum absolute atomic E-state index is 12.3. The molecule has 3 rings (SSSR count). The zero-order valence-electron chi connectivity index (χ0n) is 11.3. The third-order valence-corrected chi connectivity index (χ3v) is 4.66. The average Bonchev–Trinajstić information content (AvgIpc) is 3.03. The minimum absolute atomic E-state index is 0.0122. The van der Waals surface area contributed by atoms with E-state index in [0.717, 1.165) is 28.3 Å². The van der Waals surface area contributed by atoms with E-state index in [-0.39, 0.29) is 12.0 Å². The molecule has 1 saturated heterocycles. The lowest BCUT2D eigenvalue weighted by atomic mass is 10.3. The molecule has 0 saturated carbocycles. The van der Waals surface area contributed by atoms with Crippen LogP contribution in [0.2, 0.25) is 0 Å². The van der Waals surface area contributed by atoms with Gasteiger partial charge in [0.2, 0.25) is 5.91 Å². The van der Waals surface area contributed by atoms with Gasteiger partial charge in [0, 0.05) is 20.1 Å². The van der Waals surface area contributed by atoms with Crippen LogP contribution in [0.3, 0.4) is 0 Å². The summed E-state index contributed by atoms with van der Waals surface area (Å²) >= 11 is 1.52. The second-order valence-corrected chi connectivity index (χ2v) is 6.10. The van der Waals surface area contributed by atoms with E-state index in [0.29, 0.717) is 13.1 Å². The Morgan fingerprint density at radius 1 is 1.55 bits per heavy atom. The second kappa shape index (κ2) is 5.47. The highest BCUT2D eigenvalue weighted by Crippen LogP contribution is 2.27. The molecule has 2 heterocycles. The highest BCUT2D eigenvalue weighted by Gasteiger charge is 2.24. The van der Waals surface area contributed by atoms with Crippen LogP contribution in [0.25, 0.3) is 10.2 Å². The number of thiazole rings is 1. The summed E-state index contributed by atoms with van der Waals surface area (Å²) in [5, 5.41) is 10.2. The molecule has 1 aromatic heterocycles. The van der Waals surface area contributed by atoms with Crippen molar-refractivity contribution in [1.82, 2.24) is 9.88 Å². The molecule has 0 aliphatic carbocycles. The van der Waals surface area contributed by atoms with E-state index in [4.69, 9.17) is 0 Å². The summed E-state index contributed by atoms with van der Waals surface area (Å²) in [6.45, 7) is 1.70. The number of hydrogen-bond donors (Lipinski definition) is 1. The van der Waals surface area contributed by atoms with Crippen molar-refractivity contribution in [1.29, 1.82) is 0 Å². The Bertz CT molecular complexity index is 595. The summed E-state index contributed by atoms with van der Waals surface area (Å²) in [5.74, 6) is 0.0122. The van der Waals surface area contributed by atoms with Crippen molar-refractivity contribution in [3.63, 3.8) is 0 Å². The van der Waals surface area contributed by atoms with Gasteiger partial charge in [0.05, 0.1) is 22.9 Å². The summed E-state index contributed by atoms with van der Waals surface area (Å²) < 4.78 is 1.08. The van der Waals surface area contributed by atoms with E-state index in [1.165, 1.54) is 11.3 Å². The molecular formula is C14H17N3O2S. The first-order valence-corrected chi connectivity index (χ1v) is 7.47. The van der Waals surface area contributed by atoms with Crippen LogP contribution in [0, 0.1) is 0 Å². The number of para-hydroxylation sites is 1. The Morgan fingerprint density at radius 2 is 2.35 bits per heavy atom. The number of likely N-dealkylation sites (tertiary alicyclic amines) is 1. The van der Waals surface area contributed by atoms with Crippen LogP contribution >= 0.6 is 11.3 Å². The number of nitrogens with zero attached hydrogens (tertiary/aromatic N) is 3. The molecule has 1 atom stereocenters. The van der Waals surface area contributed by atoms with Gasteiger partial charge in [-0.25, -0.2) is 4.98 Å². The Hall–Kier alpha value is -1.50. The minimum atomic E-state index is -0.296. The van der Waals surface area contributed by atoms with E-state index in [9.17, 15) is 9.90 Å². The fourth-order valence-corrected chi connectivity index (χ4v) is 3.31. The lowest BCUT2D eigenvalue weighted by Crippen LogP contribution is -2.37. The van der Waals surface area contributed by atoms with Gasteiger partial charge in [-0.05, 0) is 18.6 Å². The average molecular weight is 291 g/mol. The molecule has 6 heteroatoms. The molecule has 2 aromatic rings. The van der Waals surface area contributed by atoms with E-state index in [1.807, 2.05) is 29.2 Å². The third-order valence-electron chi connectivity index (χ3n) is 3.55. The van der Waals surface area contributed by atoms with Crippen LogP contribution in [0.1, 0.15) is 6.42 Å². The normalized spacial score (nSPS) is 19.6. The van der Waals surface area contributed by atoms with Gasteiger partial charge in [-0.15, -0.1) is 0 Å². The summed E-state index contributed by atoms with van der Waals surface area (Å²) in [7, 11) is 1.76. The molecule has 0 bridgehead atoms. The van der Waals surface area contributed by atoms with Gasteiger partial charge in [-0.3, -0.25) is 14.6 Å². The number of carbonyl (C=O) groups is 1. The van der Waals surface area contributed by atoms with Gasteiger partial charge in [-0.1, -0.05) is 23.5 Å². The van der Waals surface area contributed by atoms with E-state index in [1.54, 1.807) is 11.9 Å². The van der Waals surface area contributed by atoms with Crippen LogP contribution in [0.5, 0.6) is 0 Å². The van der Waals surface area contributed by atoms with Gasteiger partial charge < -0.3 is 5.11 Å². The molecule has 1 aromatic carbocycles. The molecule has 1 N–H and O–H groups in total. The monoisotopic (exact) mass is 291 g/mol. The highest BCUT2D eigenvalue weighted by molar-refractivity contribution is 7.22. The fraction of sp³-hybridized carbons (Fsp3) is 0.429. The van der Waals surface area contributed by atoms with Crippen molar-refractivity contribution in [3.05, 3.63) is 24.3 Å². The SMILES string of the molecule is CN(C(=O)CN1CC[C@H](O)C1)c1nc2ccccc2s1. The van der Waals surface area contributed by atoms with Crippen LogP contribution in [-0.4, -0.2) is 53.7 Å². The summed E-state index contributed by atoms with van der Waals surface area (Å²) in [4.78, 5) is 20.3. The van der Waals surface area contributed by atoms with Gasteiger partial charge in [-0.2, -0.15) is 0 Å². The standard InChI is InChI=1S/C14H17N3O2S/c1-16(13(19)9-17-7-6-10(18)8-17)14-15-11-4-2-3-5-12(11)20-14/h2-5,10,18H,6-9H2,1H3/t10-/m0/s1. The van der Waals surface area contributed by atoms with Gasteiger partial charge in [0.1, 0.15) is 0 Å². The Morgan fingerprint density at radius 3 is 3.05 bits per heavy atom. The molecule has 1 amide bonds. The van der Waals surface area contributed by atoms with Crippen LogP contribution in [-0.2, 0) is 4.79 Å². The lowest BCUT2D eigenvalue weighted by Gasteiger charge is -2.19. The number of rotatable bonds is 3. The quantitative estimate of drug-likeness (QED) is 0.927. The predicted molar refractivity (Wildman–Crippen MR) is 80.1 cm³/mol. The molecule has 106 valence electrons. The summed E-state index contributed by atoms with van der Waals surface area (Å²) in [6, 6.07) is 7.87. The maximum Gasteiger partial charge on any atom is 0.242 e. The Kier molecular flexibility index (Phi) is 3.69. The summed E-state index contributed by atoms with van der Waals surface area (Å²) in [6.07, 6.45) is 0.452. The number of β-amino-alcohol motifs (C(OH)–C–C–N with tert-alkyl or cyclic N) is 1. The highest BCUT2D eigenvalue weighted by atomic mass is 32.1. The second-order valence-electron chi connectivity index (χ2n) is 5.09. The van der Waals surface area contributed by atoms with Crippen LogP contribution in [0.4, 0.5) is 5.13 Å². The zero-order chi connectivity index (χ0) is 14.1. The van der Waals surface area contributed by atoms with Gasteiger partial charge in [0.15, 0.2) is 5.13 Å². The molecule has 5 nitrogen and oxygen atoms in total. The smallest absolute Gasteiger partial charge is 0.242 e. The topological polar surface area (TPSA) is 56.7 Å². The number of aliphatic hydroxyl groups excluding tert-OH is 1. The maximum atomic E-state index is 12.3. The van der Waals surface area contributed by atoms with Crippen LogP contribution in [0.15, 0.2) is 24.3 Å². The van der Waals surface area contributed by atoms with Crippen molar-refractivity contribution >= 4 is 32.6 Å². The number of anilines is 1. The first-order chi connectivity index (χ1) is 9.63. The van der Waals surface area contributed by atoms with Gasteiger partial charge in [0.25, 0.3) is 0 Å². The fourth-order valence-electron chi connectivity index (χ4n) is 2.36. The van der Waals surface area contributed by atoms with Crippen molar-refractivity contribution in [2.24, 2.45) is 0 Å². The number of carbonyl (C=O) groups excluding carboxylic acids is 1. The number of benzene rings is 1. The lowest BCUT2D eigenvalue weighted by molar-refractivity contribution is -0.119. The van der Waals surface area contributed by atoms with Crippen molar-refractivity contribution in [2.45, 2.75) is 12.5 Å². The van der Waals surface area contributed by atoms with Crippen molar-refractivity contribution in [2.75, 3.05) is 31.6 Å². The number of amides is 1. The number of aromatic nitrogens is 1. The molecule has 1 aliphatic heterocycles.